The molecule has 3 nitrogen and oxygen atoms in total. The Morgan fingerprint density at radius 2 is 2.20 bits per heavy atom. The van der Waals surface area contributed by atoms with Crippen LogP contribution in [0.4, 0.5) is 0 Å². The molecule has 0 aliphatic heterocycles. The molecule has 15 heavy (non-hydrogen) atoms. The first-order chi connectivity index (χ1) is 7.04. The normalized spacial score (nSPS) is 10.1. The van der Waals surface area contributed by atoms with Gasteiger partial charge in [0.1, 0.15) is 0 Å². The lowest BCUT2D eigenvalue weighted by Crippen LogP contribution is -2.09. The minimum atomic E-state index is -0.230. The van der Waals surface area contributed by atoms with Crippen molar-refractivity contribution in [3.05, 3.63) is 27.5 Å². The van der Waals surface area contributed by atoms with Crippen molar-refractivity contribution >= 4 is 21.9 Å². The van der Waals surface area contributed by atoms with Crippen molar-refractivity contribution in [1.82, 2.24) is 4.98 Å². The molecule has 0 aromatic carbocycles. The van der Waals surface area contributed by atoms with Crippen LogP contribution in [0.1, 0.15) is 23.9 Å². The standard InChI is InChI=1S/C11H14BrNO2/c1-4-15-10(14)6-9-5-7(2)11(12)8(3)13-9/h5H,4,6H2,1-3H3. The molecule has 82 valence electrons. The molecular formula is C11H14BrNO2. The summed E-state index contributed by atoms with van der Waals surface area (Å²) in [5.74, 6) is -0.230. The number of carbonyl (C=O) groups excluding carboxylic acids is 1. The number of hydrogen-bond donors (Lipinski definition) is 0. The van der Waals surface area contributed by atoms with Crippen molar-refractivity contribution in [2.75, 3.05) is 6.61 Å². The highest BCUT2D eigenvalue weighted by molar-refractivity contribution is 9.10. The molecule has 0 saturated carbocycles. The zero-order chi connectivity index (χ0) is 11.4. The Labute approximate surface area is 98.0 Å². The Morgan fingerprint density at radius 3 is 2.73 bits per heavy atom. The number of hydrogen-bond acceptors (Lipinski definition) is 3. The predicted molar refractivity (Wildman–Crippen MR) is 61.7 cm³/mol. The fourth-order valence-corrected chi connectivity index (χ4v) is 1.55. The van der Waals surface area contributed by atoms with E-state index in [1.807, 2.05) is 19.9 Å². The second kappa shape index (κ2) is 5.26. The number of aryl methyl sites for hydroxylation is 2. The van der Waals surface area contributed by atoms with Gasteiger partial charge in [0, 0.05) is 4.47 Å². The second-order valence-corrected chi connectivity index (χ2v) is 4.10. The summed E-state index contributed by atoms with van der Waals surface area (Å²) in [5, 5.41) is 0. The highest BCUT2D eigenvalue weighted by Crippen LogP contribution is 2.20. The molecule has 0 bridgehead atoms. The third-order valence-electron chi connectivity index (χ3n) is 1.99. The molecule has 0 aliphatic carbocycles. The largest absolute Gasteiger partial charge is 0.466 e. The van der Waals surface area contributed by atoms with E-state index < -0.39 is 0 Å². The topological polar surface area (TPSA) is 39.2 Å². The van der Waals surface area contributed by atoms with Crippen molar-refractivity contribution in [2.24, 2.45) is 0 Å². The number of ether oxygens (including phenoxy) is 1. The Hall–Kier alpha value is -0.900. The summed E-state index contributed by atoms with van der Waals surface area (Å²) < 4.78 is 5.86. The molecule has 0 fully saturated rings. The van der Waals surface area contributed by atoms with E-state index in [4.69, 9.17) is 4.74 Å². The van der Waals surface area contributed by atoms with Gasteiger partial charge < -0.3 is 4.74 Å². The van der Waals surface area contributed by atoms with Gasteiger partial charge in [-0.05, 0) is 48.3 Å². The first-order valence-corrected chi connectivity index (χ1v) is 5.62. The summed E-state index contributed by atoms with van der Waals surface area (Å²) in [4.78, 5) is 15.6. The van der Waals surface area contributed by atoms with Crippen LogP contribution >= 0.6 is 15.9 Å². The van der Waals surface area contributed by atoms with Crippen LogP contribution in [-0.2, 0) is 16.0 Å². The van der Waals surface area contributed by atoms with Gasteiger partial charge in [-0.15, -0.1) is 0 Å². The summed E-state index contributed by atoms with van der Waals surface area (Å²) in [6.45, 7) is 6.09. The van der Waals surface area contributed by atoms with Crippen LogP contribution in [0.3, 0.4) is 0 Å². The first kappa shape index (κ1) is 12.2. The van der Waals surface area contributed by atoms with Gasteiger partial charge >= 0.3 is 5.97 Å². The number of rotatable bonds is 3. The molecule has 1 rings (SSSR count). The molecule has 0 amide bonds. The lowest BCUT2D eigenvalue weighted by Gasteiger charge is -2.06. The molecule has 0 atom stereocenters. The number of halogens is 1. The van der Waals surface area contributed by atoms with E-state index in [2.05, 4.69) is 20.9 Å². The van der Waals surface area contributed by atoms with Gasteiger partial charge in [0.2, 0.25) is 0 Å². The van der Waals surface area contributed by atoms with E-state index >= 15 is 0 Å². The molecule has 0 unspecified atom stereocenters. The average molecular weight is 272 g/mol. The van der Waals surface area contributed by atoms with Gasteiger partial charge in [-0.25, -0.2) is 0 Å². The van der Waals surface area contributed by atoms with Crippen LogP contribution in [-0.4, -0.2) is 17.6 Å². The fraction of sp³-hybridized carbons (Fsp3) is 0.455. The van der Waals surface area contributed by atoms with Crippen molar-refractivity contribution in [3.8, 4) is 0 Å². The Kier molecular flexibility index (Phi) is 4.27. The van der Waals surface area contributed by atoms with Crippen molar-refractivity contribution in [1.29, 1.82) is 0 Å². The summed E-state index contributed by atoms with van der Waals surface area (Å²) in [5.41, 5.74) is 2.74. The van der Waals surface area contributed by atoms with Crippen molar-refractivity contribution in [2.45, 2.75) is 27.2 Å². The van der Waals surface area contributed by atoms with Crippen LogP contribution < -0.4 is 0 Å². The lowest BCUT2D eigenvalue weighted by molar-refractivity contribution is -0.142. The molecule has 0 aliphatic rings. The maximum absolute atomic E-state index is 11.2. The number of pyridine rings is 1. The Bertz CT molecular complexity index is 354. The maximum Gasteiger partial charge on any atom is 0.311 e. The van der Waals surface area contributed by atoms with Crippen LogP contribution in [0, 0.1) is 13.8 Å². The molecule has 0 saturated heterocycles. The van der Waals surface area contributed by atoms with E-state index in [9.17, 15) is 4.79 Å². The van der Waals surface area contributed by atoms with Gasteiger partial charge in [0.25, 0.3) is 0 Å². The molecule has 0 radical (unpaired) electrons. The van der Waals surface area contributed by atoms with Gasteiger partial charge in [0.15, 0.2) is 0 Å². The van der Waals surface area contributed by atoms with E-state index in [1.54, 1.807) is 6.92 Å². The number of aromatic nitrogens is 1. The first-order valence-electron chi connectivity index (χ1n) is 4.82. The Balaban J connectivity index is 2.83. The lowest BCUT2D eigenvalue weighted by atomic mass is 10.2. The monoisotopic (exact) mass is 271 g/mol. The van der Waals surface area contributed by atoms with Gasteiger partial charge in [-0.2, -0.15) is 0 Å². The molecule has 4 heteroatoms. The summed E-state index contributed by atoms with van der Waals surface area (Å²) in [7, 11) is 0. The minimum Gasteiger partial charge on any atom is -0.466 e. The van der Waals surface area contributed by atoms with Crippen LogP contribution in [0.5, 0.6) is 0 Å². The van der Waals surface area contributed by atoms with E-state index in [1.165, 1.54) is 0 Å². The minimum absolute atomic E-state index is 0.230. The molecule has 1 aromatic rings. The SMILES string of the molecule is CCOC(=O)Cc1cc(C)c(Br)c(C)n1. The summed E-state index contributed by atoms with van der Waals surface area (Å²) in [6, 6.07) is 1.90. The van der Waals surface area contributed by atoms with E-state index in [0.717, 1.165) is 21.4 Å². The predicted octanol–water partition coefficient (Wildman–Crippen LogP) is 2.57. The summed E-state index contributed by atoms with van der Waals surface area (Å²) in [6.07, 6.45) is 0.239. The Morgan fingerprint density at radius 1 is 1.53 bits per heavy atom. The van der Waals surface area contributed by atoms with E-state index in [-0.39, 0.29) is 12.4 Å². The molecular weight excluding hydrogens is 258 g/mol. The van der Waals surface area contributed by atoms with Crippen LogP contribution in [0.2, 0.25) is 0 Å². The fourth-order valence-electron chi connectivity index (χ4n) is 1.35. The molecule has 1 heterocycles. The zero-order valence-corrected chi connectivity index (χ0v) is 10.7. The molecule has 0 N–H and O–H groups in total. The van der Waals surface area contributed by atoms with Crippen molar-refractivity contribution < 1.29 is 9.53 Å². The second-order valence-electron chi connectivity index (χ2n) is 3.31. The number of nitrogens with zero attached hydrogens (tertiary/aromatic N) is 1. The third-order valence-corrected chi connectivity index (χ3v) is 3.19. The smallest absolute Gasteiger partial charge is 0.311 e. The van der Waals surface area contributed by atoms with Crippen LogP contribution in [0.15, 0.2) is 10.5 Å². The average Bonchev–Trinajstić information content (AvgIpc) is 2.14. The number of carbonyl (C=O) groups is 1. The molecule has 1 aromatic heterocycles. The third kappa shape index (κ3) is 3.30. The van der Waals surface area contributed by atoms with Gasteiger partial charge in [0.05, 0.1) is 24.4 Å². The zero-order valence-electron chi connectivity index (χ0n) is 9.13. The van der Waals surface area contributed by atoms with Gasteiger partial charge in [-0.1, -0.05) is 0 Å². The van der Waals surface area contributed by atoms with Crippen LogP contribution in [0.25, 0.3) is 0 Å². The molecule has 0 spiro atoms. The maximum atomic E-state index is 11.2. The van der Waals surface area contributed by atoms with E-state index in [0.29, 0.717) is 6.61 Å². The highest BCUT2D eigenvalue weighted by atomic mass is 79.9. The van der Waals surface area contributed by atoms with Crippen molar-refractivity contribution in [3.63, 3.8) is 0 Å². The quantitative estimate of drug-likeness (QED) is 0.794. The van der Waals surface area contributed by atoms with Gasteiger partial charge in [-0.3, -0.25) is 9.78 Å². The summed E-state index contributed by atoms with van der Waals surface area (Å²) >= 11 is 3.43. The highest BCUT2D eigenvalue weighted by Gasteiger charge is 2.08. The number of esters is 1.